The summed E-state index contributed by atoms with van der Waals surface area (Å²) in [6.45, 7) is 4.24. The summed E-state index contributed by atoms with van der Waals surface area (Å²) in [7, 11) is 0. The molecule has 0 amide bonds. The third-order valence-electron chi connectivity index (χ3n) is 4.09. The number of nitrogen functional groups attached to an aromatic ring is 1. The van der Waals surface area contributed by atoms with Gasteiger partial charge in [-0.2, -0.15) is 0 Å². The van der Waals surface area contributed by atoms with Crippen molar-refractivity contribution in [2.45, 2.75) is 19.8 Å². The molecule has 3 aromatic carbocycles. The van der Waals surface area contributed by atoms with Gasteiger partial charge in [0.25, 0.3) is 0 Å². The lowest BCUT2D eigenvalue weighted by molar-refractivity contribution is 0.975. The van der Waals surface area contributed by atoms with Crippen LogP contribution in [0.3, 0.4) is 0 Å². The zero-order valence-electron chi connectivity index (χ0n) is 13.1. The highest BCUT2D eigenvalue weighted by Crippen LogP contribution is 2.32. The van der Waals surface area contributed by atoms with Gasteiger partial charge in [0.1, 0.15) is 0 Å². The zero-order valence-corrected chi connectivity index (χ0v) is 13.1. The molecule has 2 N–H and O–H groups in total. The van der Waals surface area contributed by atoms with Crippen LogP contribution in [0.1, 0.15) is 33.7 Å². The molecule has 0 aliphatic carbocycles. The second-order valence-electron chi connectivity index (χ2n) is 5.92. The van der Waals surface area contributed by atoms with Gasteiger partial charge in [-0.05, 0) is 42.7 Å². The molecule has 1 heteroatoms. The fraction of sp³-hybridized carbons (Fsp3) is 0.143. The van der Waals surface area contributed by atoms with E-state index in [2.05, 4.69) is 74.5 Å². The van der Waals surface area contributed by atoms with Crippen molar-refractivity contribution in [3.8, 4) is 0 Å². The van der Waals surface area contributed by atoms with Gasteiger partial charge in [0.15, 0.2) is 0 Å². The molecule has 3 rings (SSSR count). The maximum absolute atomic E-state index is 5.84. The highest BCUT2D eigenvalue weighted by atomic mass is 14.5. The van der Waals surface area contributed by atoms with Crippen LogP contribution in [0, 0.1) is 13.8 Å². The van der Waals surface area contributed by atoms with E-state index < -0.39 is 0 Å². The van der Waals surface area contributed by atoms with Gasteiger partial charge in [-0.15, -0.1) is 0 Å². The van der Waals surface area contributed by atoms with Crippen LogP contribution in [-0.2, 0) is 0 Å². The topological polar surface area (TPSA) is 26.0 Å². The smallest absolute Gasteiger partial charge is 0.0340 e. The SMILES string of the molecule is Cc1ccc(C(c2ccc(C)cc2)c2ccc(N)cc2)cc1. The van der Waals surface area contributed by atoms with Gasteiger partial charge in [-0.25, -0.2) is 0 Å². The van der Waals surface area contributed by atoms with E-state index in [-0.39, 0.29) is 5.92 Å². The van der Waals surface area contributed by atoms with Gasteiger partial charge >= 0.3 is 0 Å². The van der Waals surface area contributed by atoms with Gasteiger partial charge in [-0.1, -0.05) is 71.8 Å². The molecular formula is C21H21N. The minimum atomic E-state index is 0.238. The second-order valence-corrected chi connectivity index (χ2v) is 5.92. The molecule has 22 heavy (non-hydrogen) atoms. The number of benzene rings is 3. The summed E-state index contributed by atoms with van der Waals surface area (Å²) in [4.78, 5) is 0. The van der Waals surface area contributed by atoms with Crippen molar-refractivity contribution >= 4 is 5.69 Å². The standard InChI is InChI=1S/C21H21N/c1-15-3-7-17(8-4-15)21(18-9-5-16(2)6-10-18)19-11-13-20(22)14-12-19/h3-14,21H,22H2,1-2H3. The Hall–Kier alpha value is -2.54. The van der Waals surface area contributed by atoms with Crippen molar-refractivity contribution in [2.24, 2.45) is 0 Å². The highest BCUT2D eigenvalue weighted by Gasteiger charge is 2.16. The first-order valence-electron chi connectivity index (χ1n) is 7.62. The molecule has 0 radical (unpaired) electrons. The summed E-state index contributed by atoms with van der Waals surface area (Å²) >= 11 is 0. The van der Waals surface area contributed by atoms with Gasteiger partial charge in [0, 0.05) is 11.6 Å². The molecule has 0 saturated heterocycles. The number of nitrogens with two attached hydrogens (primary N) is 1. The van der Waals surface area contributed by atoms with Crippen LogP contribution in [0.5, 0.6) is 0 Å². The van der Waals surface area contributed by atoms with Gasteiger partial charge in [0.2, 0.25) is 0 Å². The number of aryl methyl sites for hydroxylation is 2. The Labute approximate surface area is 132 Å². The first-order valence-corrected chi connectivity index (χ1v) is 7.62. The van der Waals surface area contributed by atoms with Crippen LogP contribution in [-0.4, -0.2) is 0 Å². The van der Waals surface area contributed by atoms with Crippen LogP contribution in [0.2, 0.25) is 0 Å². The maximum atomic E-state index is 5.84. The molecule has 0 heterocycles. The van der Waals surface area contributed by atoms with Gasteiger partial charge < -0.3 is 5.73 Å². The largest absolute Gasteiger partial charge is 0.399 e. The first kappa shape index (κ1) is 14.4. The Morgan fingerprint density at radius 3 is 1.23 bits per heavy atom. The normalized spacial score (nSPS) is 10.9. The van der Waals surface area contributed by atoms with E-state index in [1.807, 2.05) is 12.1 Å². The fourth-order valence-electron chi connectivity index (χ4n) is 2.78. The molecule has 0 aliphatic heterocycles. The van der Waals surface area contributed by atoms with E-state index in [1.165, 1.54) is 27.8 Å². The van der Waals surface area contributed by atoms with Crippen molar-refractivity contribution in [3.05, 3.63) is 101 Å². The molecule has 0 atom stereocenters. The summed E-state index contributed by atoms with van der Waals surface area (Å²) in [5, 5.41) is 0. The van der Waals surface area contributed by atoms with E-state index in [4.69, 9.17) is 5.73 Å². The molecule has 0 spiro atoms. The van der Waals surface area contributed by atoms with Gasteiger partial charge in [0.05, 0.1) is 0 Å². The molecule has 0 bridgehead atoms. The first-order chi connectivity index (χ1) is 10.6. The fourth-order valence-corrected chi connectivity index (χ4v) is 2.78. The molecular weight excluding hydrogens is 266 g/mol. The molecule has 0 fully saturated rings. The minimum absolute atomic E-state index is 0.238. The van der Waals surface area contributed by atoms with Crippen LogP contribution in [0.25, 0.3) is 0 Å². The van der Waals surface area contributed by atoms with Crippen LogP contribution in [0.4, 0.5) is 5.69 Å². The summed E-state index contributed by atoms with van der Waals surface area (Å²) in [6.07, 6.45) is 0. The van der Waals surface area contributed by atoms with Crippen molar-refractivity contribution in [1.29, 1.82) is 0 Å². The lowest BCUT2D eigenvalue weighted by atomic mass is 9.84. The van der Waals surface area contributed by atoms with E-state index in [0.717, 1.165) is 5.69 Å². The van der Waals surface area contributed by atoms with Crippen LogP contribution >= 0.6 is 0 Å². The molecule has 0 aromatic heterocycles. The van der Waals surface area contributed by atoms with Crippen molar-refractivity contribution in [2.75, 3.05) is 5.73 Å². The average molecular weight is 287 g/mol. The summed E-state index contributed by atoms with van der Waals surface area (Å²) in [5.74, 6) is 0.238. The predicted octanol–water partition coefficient (Wildman–Crippen LogP) is 5.07. The summed E-state index contributed by atoms with van der Waals surface area (Å²) < 4.78 is 0. The van der Waals surface area contributed by atoms with Crippen LogP contribution < -0.4 is 5.73 Å². The van der Waals surface area contributed by atoms with Crippen molar-refractivity contribution in [1.82, 2.24) is 0 Å². The lowest BCUT2D eigenvalue weighted by Crippen LogP contribution is -2.03. The van der Waals surface area contributed by atoms with E-state index in [1.54, 1.807) is 0 Å². The molecule has 110 valence electrons. The van der Waals surface area contributed by atoms with Crippen molar-refractivity contribution in [3.63, 3.8) is 0 Å². The maximum Gasteiger partial charge on any atom is 0.0340 e. The number of hydrogen-bond donors (Lipinski definition) is 1. The Balaban J connectivity index is 2.10. The Morgan fingerprint density at radius 1 is 0.545 bits per heavy atom. The number of anilines is 1. The summed E-state index contributed by atoms with van der Waals surface area (Å²) in [5.41, 5.74) is 13.1. The van der Waals surface area contributed by atoms with Crippen molar-refractivity contribution < 1.29 is 0 Å². The van der Waals surface area contributed by atoms with E-state index >= 15 is 0 Å². The average Bonchev–Trinajstić information content (AvgIpc) is 2.53. The third-order valence-corrected chi connectivity index (χ3v) is 4.09. The van der Waals surface area contributed by atoms with Gasteiger partial charge in [-0.3, -0.25) is 0 Å². The third kappa shape index (κ3) is 3.04. The molecule has 1 nitrogen and oxygen atoms in total. The predicted molar refractivity (Wildman–Crippen MR) is 94.2 cm³/mol. The summed E-state index contributed by atoms with van der Waals surface area (Å²) in [6, 6.07) is 25.8. The van der Waals surface area contributed by atoms with E-state index in [0.29, 0.717) is 0 Å². The Kier molecular flexibility index (Phi) is 3.97. The Morgan fingerprint density at radius 2 is 0.864 bits per heavy atom. The van der Waals surface area contributed by atoms with E-state index in [9.17, 15) is 0 Å². The monoisotopic (exact) mass is 287 g/mol. The molecule has 0 unspecified atom stereocenters. The number of hydrogen-bond acceptors (Lipinski definition) is 1. The molecule has 3 aromatic rings. The lowest BCUT2D eigenvalue weighted by Gasteiger charge is -2.19. The zero-order chi connectivity index (χ0) is 15.5. The van der Waals surface area contributed by atoms with Crippen LogP contribution in [0.15, 0.2) is 72.8 Å². The molecule has 0 saturated carbocycles. The minimum Gasteiger partial charge on any atom is -0.399 e. The second kappa shape index (κ2) is 6.07. The quantitative estimate of drug-likeness (QED) is 0.528. The number of rotatable bonds is 3. The highest BCUT2D eigenvalue weighted by molar-refractivity contribution is 5.48. The Bertz CT molecular complexity index is 629. The molecule has 0 aliphatic rings.